The molecule has 174 valence electrons. The summed E-state index contributed by atoms with van der Waals surface area (Å²) in [5.74, 6) is -1.96. The number of amides is 1. The molecule has 0 aliphatic carbocycles. The van der Waals surface area contributed by atoms with Gasteiger partial charge in [0.25, 0.3) is 5.54 Å². The second kappa shape index (κ2) is 8.06. The average molecular weight is 472 g/mol. The summed E-state index contributed by atoms with van der Waals surface area (Å²) in [6.07, 6.45) is -11.9. The standard InChI is InChI=1S/C21H15F7N4O/c1-32-16(15-8-12(9-22)4-7-14(15)17(30)33)19(20(23,24)25,21(26,27)28)31-18(32)13-5-2-11(10-29)3-6-13/h2-8,16H,9H2,1H3,(H2,30,33). The van der Waals surface area contributed by atoms with Crippen molar-refractivity contribution >= 4 is 11.7 Å². The lowest BCUT2D eigenvalue weighted by molar-refractivity contribution is -0.304. The van der Waals surface area contributed by atoms with Crippen LogP contribution < -0.4 is 5.73 Å². The number of nitrogens with two attached hydrogens (primary N) is 1. The fourth-order valence-electron chi connectivity index (χ4n) is 3.85. The minimum Gasteiger partial charge on any atom is -0.366 e. The Labute approximate surface area is 182 Å². The molecule has 2 aromatic carbocycles. The quantitative estimate of drug-likeness (QED) is 0.669. The third-order valence-electron chi connectivity index (χ3n) is 5.37. The molecule has 2 N–H and O–H groups in total. The van der Waals surface area contributed by atoms with Crippen LogP contribution in [0.3, 0.4) is 0 Å². The third-order valence-corrected chi connectivity index (χ3v) is 5.37. The first kappa shape index (κ1) is 24.0. The van der Waals surface area contributed by atoms with Crippen LogP contribution in [0.4, 0.5) is 30.7 Å². The van der Waals surface area contributed by atoms with E-state index in [9.17, 15) is 35.5 Å². The first-order valence-electron chi connectivity index (χ1n) is 9.23. The zero-order chi connectivity index (χ0) is 24.8. The predicted molar refractivity (Wildman–Crippen MR) is 103 cm³/mol. The van der Waals surface area contributed by atoms with Gasteiger partial charge in [-0.25, -0.2) is 9.38 Å². The number of nitriles is 1. The number of aliphatic imine (C=N–C) groups is 1. The molecule has 1 unspecified atom stereocenters. The van der Waals surface area contributed by atoms with Crippen LogP contribution in [-0.2, 0) is 6.67 Å². The van der Waals surface area contributed by atoms with Crippen molar-refractivity contribution in [1.82, 2.24) is 4.90 Å². The molecule has 0 saturated carbocycles. The summed E-state index contributed by atoms with van der Waals surface area (Å²) >= 11 is 0. The maximum atomic E-state index is 14.3. The maximum absolute atomic E-state index is 14.3. The van der Waals surface area contributed by atoms with Crippen LogP contribution in [-0.4, -0.2) is 41.6 Å². The van der Waals surface area contributed by atoms with Gasteiger partial charge in [0, 0.05) is 18.2 Å². The number of halogens is 7. The lowest BCUT2D eigenvalue weighted by atomic mass is 9.81. The molecule has 1 aliphatic heterocycles. The van der Waals surface area contributed by atoms with Crippen LogP contribution in [0.5, 0.6) is 0 Å². The highest BCUT2D eigenvalue weighted by Crippen LogP contribution is 2.58. The van der Waals surface area contributed by atoms with Gasteiger partial charge in [-0.15, -0.1) is 0 Å². The zero-order valence-corrected chi connectivity index (χ0v) is 16.8. The van der Waals surface area contributed by atoms with Gasteiger partial charge >= 0.3 is 12.4 Å². The molecule has 1 aliphatic rings. The van der Waals surface area contributed by atoms with Gasteiger partial charge in [-0.2, -0.15) is 31.6 Å². The van der Waals surface area contributed by atoms with Crippen molar-refractivity contribution in [3.63, 3.8) is 0 Å². The second-order valence-electron chi connectivity index (χ2n) is 7.32. The van der Waals surface area contributed by atoms with Gasteiger partial charge in [-0.05, 0) is 41.5 Å². The molecule has 0 radical (unpaired) electrons. The third kappa shape index (κ3) is 3.77. The largest absolute Gasteiger partial charge is 0.425 e. The topological polar surface area (TPSA) is 82.5 Å². The molecule has 2 aromatic rings. The summed E-state index contributed by atoms with van der Waals surface area (Å²) in [6.45, 7) is -1.20. The van der Waals surface area contributed by atoms with Crippen LogP contribution in [0.2, 0.25) is 0 Å². The first-order chi connectivity index (χ1) is 15.3. The van der Waals surface area contributed by atoms with E-state index in [0.29, 0.717) is 4.90 Å². The van der Waals surface area contributed by atoms with Crippen molar-refractivity contribution < 1.29 is 35.5 Å². The normalized spacial score (nSPS) is 18.1. The van der Waals surface area contributed by atoms with E-state index in [1.165, 1.54) is 12.1 Å². The monoisotopic (exact) mass is 472 g/mol. The molecule has 3 rings (SSSR count). The number of hydrogen-bond acceptors (Lipinski definition) is 4. The molecular weight excluding hydrogens is 457 g/mol. The highest BCUT2D eigenvalue weighted by Gasteiger charge is 2.78. The molecule has 5 nitrogen and oxygen atoms in total. The van der Waals surface area contributed by atoms with E-state index in [1.807, 2.05) is 0 Å². The van der Waals surface area contributed by atoms with Crippen molar-refractivity contribution in [2.45, 2.75) is 30.6 Å². The lowest BCUT2D eigenvalue weighted by Gasteiger charge is -2.39. The van der Waals surface area contributed by atoms with E-state index >= 15 is 0 Å². The summed E-state index contributed by atoms with van der Waals surface area (Å²) in [6, 6.07) is 6.59. The van der Waals surface area contributed by atoms with E-state index < -0.39 is 53.5 Å². The number of alkyl halides is 7. The minimum absolute atomic E-state index is 0.126. The van der Waals surface area contributed by atoms with Crippen LogP contribution in [0.15, 0.2) is 47.5 Å². The van der Waals surface area contributed by atoms with E-state index in [0.717, 1.165) is 37.4 Å². The molecule has 12 heteroatoms. The number of hydrogen-bond donors (Lipinski definition) is 1. The minimum atomic E-state index is -5.96. The number of carbonyl (C=O) groups excluding carboxylic acids is 1. The number of likely N-dealkylation sites (N-methyl/N-ethyl adjacent to an activating group) is 1. The summed E-state index contributed by atoms with van der Waals surface area (Å²) in [4.78, 5) is 15.7. The van der Waals surface area contributed by atoms with Crippen LogP contribution in [0, 0.1) is 11.3 Å². The fraction of sp³-hybridized carbons (Fsp3) is 0.286. The molecule has 1 atom stereocenters. The Balaban J connectivity index is 2.38. The van der Waals surface area contributed by atoms with Gasteiger partial charge < -0.3 is 10.6 Å². The van der Waals surface area contributed by atoms with Crippen LogP contribution in [0.25, 0.3) is 0 Å². The Kier molecular flexibility index (Phi) is 5.87. The Morgan fingerprint density at radius 1 is 1.12 bits per heavy atom. The van der Waals surface area contributed by atoms with Gasteiger partial charge in [0.15, 0.2) is 0 Å². The summed E-state index contributed by atoms with van der Waals surface area (Å²) in [7, 11) is 0.952. The molecule has 0 bridgehead atoms. The van der Waals surface area contributed by atoms with E-state index in [4.69, 9.17) is 11.0 Å². The molecule has 0 saturated heterocycles. The van der Waals surface area contributed by atoms with Crippen LogP contribution in [0.1, 0.15) is 38.7 Å². The van der Waals surface area contributed by atoms with Gasteiger partial charge in [0.1, 0.15) is 12.5 Å². The molecular formula is C21H15F7N4O. The Hall–Kier alpha value is -3.62. The zero-order valence-electron chi connectivity index (χ0n) is 16.8. The van der Waals surface area contributed by atoms with Crippen molar-refractivity contribution in [1.29, 1.82) is 5.26 Å². The number of carbonyl (C=O) groups is 1. The SMILES string of the molecule is CN1C(c2ccc(C#N)cc2)=NC(C(F)(F)F)(C(F)(F)F)C1c1cc(CF)ccc1C(N)=O. The summed E-state index contributed by atoms with van der Waals surface area (Å²) in [5, 5.41) is 8.90. The Morgan fingerprint density at radius 3 is 2.15 bits per heavy atom. The van der Waals surface area contributed by atoms with Crippen LogP contribution >= 0.6 is 0 Å². The lowest BCUT2D eigenvalue weighted by Crippen LogP contribution is -2.59. The molecule has 0 aromatic heterocycles. The molecule has 1 heterocycles. The molecule has 1 amide bonds. The Morgan fingerprint density at radius 2 is 1.70 bits per heavy atom. The number of primary amides is 1. The number of benzene rings is 2. The maximum Gasteiger partial charge on any atom is 0.425 e. The second-order valence-corrected chi connectivity index (χ2v) is 7.32. The molecule has 0 spiro atoms. The average Bonchev–Trinajstić information content (AvgIpc) is 3.07. The van der Waals surface area contributed by atoms with Gasteiger partial charge in [0.2, 0.25) is 5.91 Å². The van der Waals surface area contributed by atoms with Crippen molar-refractivity contribution in [3.8, 4) is 6.07 Å². The molecule has 33 heavy (non-hydrogen) atoms. The smallest absolute Gasteiger partial charge is 0.366 e. The summed E-state index contributed by atoms with van der Waals surface area (Å²) < 4.78 is 98.8. The number of nitrogens with zero attached hydrogens (tertiary/aromatic N) is 3. The predicted octanol–water partition coefficient (Wildman–Crippen LogP) is 4.42. The van der Waals surface area contributed by atoms with E-state index in [2.05, 4.69) is 4.99 Å². The van der Waals surface area contributed by atoms with E-state index in [-0.39, 0.29) is 16.7 Å². The first-order valence-corrected chi connectivity index (χ1v) is 9.23. The number of amidine groups is 1. The Bertz CT molecular complexity index is 1130. The highest BCUT2D eigenvalue weighted by molar-refractivity contribution is 6.02. The van der Waals surface area contributed by atoms with Crippen molar-refractivity contribution in [2.24, 2.45) is 10.7 Å². The number of rotatable bonds is 4. The van der Waals surface area contributed by atoms with Gasteiger partial charge in [-0.3, -0.25) is 4.79 Å². The molecule has 0 fully saturated rings. The van der Waals surface area contributed by atoms with E-state index in [1.54, 1.807) is 6.07 Å². The highest BCUT2D eigenvalue weighted by atomic mass is 19.4. The van der Waals surface area contributed by atoms with Crippen molar-refractivity contribution in [3.05, 3.63) is 70.3 Å². The van der Waals surface area contributed by atoms with Gasteiger partial charge in [-0.1, -0.05) is 12.1 Å². The van der Waals surface area contributed by atoms with Gasteiger partial charge in [0.05, 0.1) is 17.7 Å². The summed E-state index contributed by atoms with van der Waals surface area (Å²) in [5.41, 5.74) is -1.09. The van der Waals surface area contributed by atoms with Crippen molar-refractivity contribution in [2.75, 3.05) is 7.05 Å². The fourth-order valence-corrected chi connectivity index (χ4v) is 3.85.